The molecule has 172 valence electrons. The van der Waals surface area contributed by atoms with E-state index in [4.69, 9.17) is 23.8 Å². The van der Waals surface area contributed by atoms with Crippen molar-refractivity contribution in [3.8, 4) is 11.4 Å². The van der Waals surface area contributed by atoms with E-state index >= 15 is 0 Å². The van der Waals surface area contributed by atoms with Crippen LogP contribution in [-0.4, -0.2) is 33.9 Å². The number of aromatic nitrogens is 2. The fourth-order valence-corrected chi connectivity index (χ4v) is 4.89. The van der Waals surface area contributed by atoms with Crippen LogP contribution in [0.4, 0.5) is 11.4 Å². The Morgan fingerprint density at radius 3 is 2.53 bits per heavy atom. The van der Waals surface area contributed by atoms with E-state index in [0.717, 1.165) is 22.8 Å². The molecule has 0 amide bonds. The summed E-state index contributed by atoms with van der Waals surface area (Å²) in [6.07, 6.45) is 3.81. The quantitative estimate of drug-likeness (QED) is 0.362. The van der Waals surface area contributed by atoms with Gasteiger partial charge < -0.3 is 24.8 Å². The third kappa shape index (κ3) is 3.97. The Morgan fingerprint density at radius 1 is 1.03 bits per heavy atom. The first-order valence-corrected chi connectivity index (χ1v) is 11.7. The third-order valence-electron chi connectivity index (χ3n) is 6.02. The standard InChI is InChI=1S/C26H24ClN5OS/c1-30(2)18-9-11-19(12-10-18)31-15-5-7-21(31)25-24(20-6-3-4-14-28-20)29-26(34)32(25)22-16-17(27)8-13-23(22)33/h3-16,24-25,33H,1-2H3,(H,29,34)/t24-,25+/m1/s1. The van der Waals surface area contributed by atoms with Crippen molar-refractivity contribution in [1.82, 2.24) is 14.9 Å². The minimum Gasteiger partial charge on any atom is -0.506 e. The van der Waals surface area contributed by atoms with Crippen LogP contribution in [0.5, 0.6) is 5.75 Å². The second-order valence-corrected chi connectivity index (χ2v) is 9.17. The summed E-state index contributed by atoms with van der Waals surface area (Å²) < 4.78 is 2.14. The van der Waals surface area contributed by atoms with Gasteiger partial charge in [0.25, 0.3) is 0 Å². The molecule has 1 aliphatic rings. The molecule has 2 atom stereocenters. The summed E-state index contributed by atoms with van der Waals surface area (Å²) in [6, 6.07) is 22.8. The molecular formula is C26H24ClN5OS. The number of hydrogen-bond donors (Lipinski definition) is 2. The summed E-state index contributed by atoms with van der Waals surface area (Å²) in [7, 11) is 4.04. The molecule has 2 N–H and O–H groups in total. The van der Waals surface area contributed by atoms with Gasteiger partial charge in [0.15, 0.2) is 5.11 Å². The molecule has 1 fully saturated rings. The Balaban J connectivity index is 1.66. The van der Waals surface area contributed by atoms with E-state index in [1.54, 1.807) is 24.4 Å². The minimum absolute atomic E-state index is 0.105. The molecular weight excluding hydrogens is 466 g/mol. The Labute approximate surface area is 209 Å². The molecule has 5 rings (SSSR count). The molecule has 6 nitrogen and oxygen atoms in total. The SMILES string of the molecule is CN(C)c1ccc(-n2cccc2[C@H]2[C@@H](c3ccccn3)NC(=S)N2c2cc(Cl)ccc2O)cc1. The first-order valence-electron chi connectivity index (χ1n) is 10.9. The zero-order valence-electron chi connectivity index (χ0n) is 18.8. The number of rotatable bonds is 5. The zero-order valence-corrected chi connectivity index (χ0v) is 20.3. The van der Waals surface area contributed by atoms with E-state index in [2.05, 4.69) is 50.1 Å². The number of anilines is 2. The van der Waals surface area contributed by atoms with Crippen molar-refractivity contribution in [1.29, 1.82) is 0 Å². The Morgan fingerprint density at radius 2 is 1.82 bits per heavy atom. The number of nitrogens with one attached hydrogen (secondary N) is 1. The second kappa shape index (κ2) is 9.00. The van der Waals surface area contributed by atoms with Crippen molar-refractivity contribution < 1.29 is 5.11 Å². The number of benzene rings is 2. The summed E-state index contributed by atoms with van der Waals surface area (Å²) in [5.74, 6) is 0.105. The average Bonchev–Trinajstić information content (AvgIpc) is 3.45. The van der Waals surface area contributed by atoms with Gasteiger partial charge in [-0.25, -0.2) is 0 Å². The van der Waals surface area contributed by atoms with Gasteiger partial charge in [-0.15, -0.1) is 0 Å². The summed E-state index contributed by atoms with van der Waals surface area (Å²) in [5.41, 5.74) is 4.55. The van der Waals surface area contributed by atoms with Crippen LogP contribution in [0.1, 0.15) is 23.5 Å². The van der Waals surface area contributed by atoms with Crippen molar-refractivity contribution in [2.75, 3.05) is 23.9 Å². The number of hydrogen-bond acceptors (Lipinski definition) is 4. The average molecular weight is 490 g/mol. The predicted molar refractivity (Wildman–Crippen MR) is 141 cm³/mol. The van der Waals surface area contributed by atoms with E-state index in [0.29, 0.717) is 15.8 Å². The summed E-state index contributed by atoms with van der Waals surface area (Å²) in [5, 5.41) is 15.2. The van der Waals surface area contributed by atoms with Crippen LogP contribution in [0.15, 0.2) is 85.2 Å². The maximum atomic E-state index is 10.7. The van der Waals surface area contributed by atoms with Crippen LogP contribution >= 0.6 is 23.8 Å². The molecule has 0 aliphatic carbocycles. The first kappa shape index (κ1) is 22.3. The van der Waals surface area contributed by atoms with Crippen molar-refractivity contribution in [3.05, 3.63) is 102 Å². The molecule has 0 unspecified atom stereocenters. The normalized spacial score (nSPS) is 17.6. The molecule has 0 bridgehead atoms. The smallest absolute Gasteiger partial charge is 0.174 e. The van der Waals surface area contributed by atoms with Gasteiger partial charge in [-0.05, 0) is 78.9 Å². The fourth-order valence-electron chi connectivity index (χ4n) is 4.39. The number of nitrogens with zero attached hydrogens (tertiary/aromatic N) is 4. The number of halogens is 1. The number of phenols is 1. The fraction of sp³-hybridized carbons (Fsp3) is 0.154. The molecule has 3 heterocycles. The molecule has 0 saturated carbocycles. The molecule has 8 heteroatoms. The van der Waals surface area contributed by atoms with Crippen LogP contribution < -0.4 is 15.1 Å². The van der Waals surface area contributed by atoms with E-state index in [9.17, 15) is 5.11 Å². The maximum Gasteiger partial charge on any atom is 0.174 e. The van der Waals surface area contributed by atoms with E-state index in [1.807, 2.05) is 49.5 Å². The van der Waals surface area contributed by atoms with Gasteiger partial charge in [0.05, 0.1) is 17.4 Å². The maximum absolute atomic E-state index is 10.7. The lowest BCUT2D eigenvalue weighted by atomic mass is 10.0. The predicted octanol–water partition coefficient (Wildman–Crippen LogP) is 5.47. The zero-order chi connectivity index (χ0) is 23.8. The molecule has 4 aromatic rings. The van der Waals surface area contributed by atoms with Gasteiger partial charge in [0.2, 0.25) is 0 Å². The van der Waals surface area contributed by atoms with Gasteiger partial charge >= 0.3 is 0 Å². The Hall–Kier alpha value is -3.55. The van der Waals surface area contributed by atoms with Gasteiger partial charge in [0, 0.05) is 48.6 Å². The van der Waals surface area contributed by atoms with Crippen LogP contribution in [0, 0.1) is 0 Å². The van der Waals surface area contributed by atoms with E-state index in [1.165, 1.54) is 0 Å². The lowest BCUT2D eigenvalue weighted by molar-refractivity contribution is 0.472. The van der Waals surface area contributed by atoms with Crippen molar-refractivity contribution >= 4 is 40.3 Å². The highest BCUT2D eigenvalue weighted by atomic mass is 35.5. The van der Waals surface area contributed by atoms with Crippen molar-refractivity contribution in [2.45, 2.75) is 12.1 Å². The highest BCUT2D eigenvalue weighted by Crippen LogP contribution is 2.45. The molecule has 0 spiro atoms. The lowest BCUT2D eigenvalue weighted by Crippen LogP contribution is -2.30. The number of thiocarbonyl (C=S) groups is 1. The highest BCUT2D eigenvalue weighted by molar-refractivity contribution is 7.80. The number of pyridine rings is 1. The Kier molecular flexibility index (Phi) is 5.89. The van der Waals surface area contributed by atoms with Gasteiger partial charge in [-0.2, -0.15) is 0 Å². The lowest BCUT2D eigenvalue weighted by Gasteiger charge is -2.29. The number of aromatic hydroxyl groups is 1. The van der Waals surface area contributed by atoms with Gasteiger partial charge in [-0.3, -0.25) is 4.98 Å². The highest BCUT2D eigenvalue weighted by Gasteiger charge is 2.43. The molecule has 34 heavy (non-hydrogen) atoms. The summed E-state index contributed by atoms with van der Waals surface area (Å²) >= 11 is 12.1. The number of phenolic OH excluding ortho intramolecular Hbond substituents is 1. The Bertz CT molecular complexity index is 1320. The van der Waals surface area contributed by atoms with Crippen molar-refractivity contribution in [2.24, 2.45) is 0 Å². The van der Waals surface area contributed by atoms with Crippen LogP contribution in [0.2, 0.25) is 5.02 Å². The molecule has 1 aliphatic heterocycles. The first-order chi connectivity index (χ1) is 16.4. The molecule has 0 radical (unpaired) electrons. The molecule has 1 saturated heterocycles. The van der Waals surface area contributed by atoms with E-state index in [-0.39, 0.29) is 17.8 Å². The van der Waals surface area contributed by atoms with Crippen LogP contribution in [0.3, 0.4) is 0 Å². The largest absolute Gasteiger partial charge is 0.506 e. The summed E-state index contributed by atoms with van der Waals surface area (Å²) in [4.78, 5) is 8.60. The molecule has 2 aromatic heterocycles. The van der Waals surface area contributed by atoms with Gasteiger partial charge in [0.1, 0.15) is 11.8 Å². The van der Waals surface area contributed by atoms with Crippen LogP contribution in [-0.2, 0) is 0 Å². The summed E-state index contributed by atoms with van der Waals surface area (Å²) in [6.45, 7) is 0. The second-order valence-electron chi connectivity index (χ2n) is 8.34. The molecule has 2 aromatic carbocycles. The third-order valence-corrected chi connectivity index (χ3v) is 6.57. The van der Waals surface area contributed by atoms with Gasteiger partial charge in [-0.1, -0.05) is 17.7 Å². The van der Waals surface area contributed by atoms with E-state index < -0.39 is 0 Å². The van der Waals surface area contributed by atoms with Crippen molar-refractivity contribution in [3.63, 3.8) is 0 Å². The van der Waals surface area contributed by atoms with Crippen LogP contribution in [0.25, 0.3) is 5.69 Å². The minimum atomic E-state index is -0.282. The topological polar surface area (TPSA) is 56.6 Å². The monoisotopic (exact) mass is 489 g/mol.